The average Bonchev–Trinajstić information content (AvgIpc) is 2.34. The van der Waals surface area contributed by atoms with E-state index in [1.807, 2.05) is 19.1 Å². The first-order valence-corrected chi connectivity index (χ1v) is 5.50. The fourth-order valence-corrected chi connectivity index (χ4v) is 1.75. The van der Waals surface area contributed by atoms with Crippen molar-refractivity contribution in [3.05, 3.63) is 63.8 Å². The van der Waals surface area contributed by atoms with Crippen molar-refractivity contribution >= 4 is 0 Å². The quantitative estimate of drug-likeness (QED) is 0.856. The molecule has 0 bridgehead atoms. The molecular weight excluding hydrogens is 214 g/mol. The SMILES string of the molecule is Cc1cc(CN)ccc1Cn1cccnc1=O. The van der Waals surface area contributed by atoms with Crippen molar-refractivity contribution < 1.29 is 0 Å². The molecule has 0 radical (unpaired) electrons. The van der Waals surface area contributed by atoms with Gasteiger partial charge in [0.15, 0.2) is 0 Å². The summed E-state index contributed by atoms with van der Waals surface area (Å²) < 4.78 is 1.59. The number of nitrogens with zero attached hydrogens (tertiary/aromatic N) is 2. The minimum Gasteiger partial charge on any atom is -0.326 e. The lowest BCUT2D eigenvalue weighted by molar-refractivity contribution is 0.723. The molecule has 0 fully saturated rings. The molecule has 4 heteroatoms. The lowest BCUT2D eigenvalue weighted by Crippen LogP contribution is -2.22. The highest BCUT2D eigenvalue weighted by Gasteiger charge is 2.02. The van der Waals surface area contributed by atoms with Crippen LogP contribution < -0.4 is 11.4 Å². The highest BCUT2D eigenvalue weighted by Crippen LogP contribution is 2.11. The monoisotopic (exact) mass is 229 g/mol. The summed E-state index contributed by atoms with van der Waals surface area (Å²) in [6.07, 6.45) is 3.24. The molecule has 88 valence electrons. The van der Waals surface area contributed by atoms with Crippen molar-refractivity contribution in [3.63, 3.8) is 0 Å². The van der Waals surface area contributed by atoms with Crippen LogP contribution in [-0.2, 0) is 13.1 Å². The van der Waals surface area contributed by atoms with Gasteiger partial charge in [0.25, 0.3) is 0 Å². The van der Waals surface area contributed by atoms with E-state index in [2.05, 4.69) is 11.1 Å². The van der Waals surface area contributed by atoms with Gasteiger partial charge in [-0.05, 0) is 29.7 Å². The molecule has 1 aromatic heterocycles. The van der Waals surface area contributed by atoms with Crippen LogP contribution in [0.3, 0.4) is 0 Å². The predicted molar refractivity (Wildman–Crippen MR) is 66.7 cm³/mol. The Balaban J connectivity index is 2.31. The molecule has 2 rings (SSSR count). The summed E-state index contributed by atoms with van der Waals surface area (Å²) in [7, 11) is 0. The molecule has 4 nitrogen and oxygen atoms in total. The van der Waals surface area contributed by atoms with Crippen molar-refractivity contribution in [1.29, 1.82) is 0 Å². The predicted octanol–water partition coefficient (Wildman–Crippen LogP) is 1.06. The number of hydrogen-bond acceptors (Lipinski definition) is 3. The van der Waals surface area contributed by atoms with Crippen LogP contribution in [0.5, 0.6) is 0 Å². The van der Waals surface area contributed by atoms with Crippen LogP contribution in [0.1, 0.15) is 16.7 Å². The Morgan fingerprint density at radius 2 is 2.24 bits per heavy atom. The Morgan fingerprint density at radius 3 is 2.88 bits per heavy atom. The first-order chi connectivity index (χ1) is 8.20. The summed E-state index contributed by atoms with van der Waals surface area (Å²) in [5, 5.41) is 0. The van der Waals surface area contributed by atoms with Gasteiger partial charge in [0, 0.05) is 18.9 Å². The molecule has 0 amide bonds. The Kier molecular flexibility index (Phi) is 3.35. The van der Waals surface area contributed by atoms with Crippen LogP contribution >= 0.6 is 0 Å². The third-order valence-electron chi connectivity index (χ3n) is 2.77. The molecule has 0 aliphatic carbocycles. The molecule has 17 heavy (non-hydrogen) atoms. The number of benzene rings is 1. The summed E-state index contributed by atoms with van der Waals surface area (Å²) in [6, 6.07) is 7.81. The highest BCUT2D eigenvalue weighted by molar-refractivity contribution is 5.31. The van der Waals surface area contributed by atoms with Gasteiger partial charge in [-0.2, -0.15) is 0 Å². The molecule has 1 heterocycles. The van der Waals surface area contributed by atoms with E-state index in [9.17, 15) is 4.79 Å². The minimum atomic E-state index is -0.227. The van der Waals surface area contributed by atoms with Gasteiger partial charge in [-0.1, -0.05) is 18.2 Å². The van der Waals surface area contributed by atoms with E-state index in [-0.39, 0.29) is 5.69 Å². The van der Waals surface area contributed by atoms with Gasteiger partial charge >= 0.3 is 5.69 Å². The molecular formula is C13H15N3O. The molecule has 0 unspecified atom stereocenters. The maximum atomic E-state index is 11.5. The van der Waals surface area contributed by atoms with Gasteiger partial charge in [-0.15, -0.1) is 0 Å². The third kappa shape index (κ3) is 2.60. The van der Waals surface area contributed by atoms with E-state index in [4.69, 9.17) is 5.73 Å². The Morgan fingerprint density at radius 1 is 1.41 bits per heavy atom. The van der Waals surface area contributed by atoms with Gasteiger partial charge in [-0.25, -0.2) is 9.78 Å². The average molecular weight is 229 g/mol. The van der Waals surface area contributed by atoms with E-state index in [1.165, 1.54) is 6.20 Å². The Hall–Kier alpha value is -1.94. The Labute approximate surface area is 99.7 Å². The summed E-state index contributed by atoms with van der Waals surface area (Å²) in [4.78, 5) is 15.2. The molecule has 2 N–H and O–H groups in total. The first kappa shape index (κ1) is 11.5. The third-order valence-corrected chi connectivity index (χ3v) is 2.77. The van der Waals surface area contributed by atoms with E-state index >= 15 is 0 Å². The molecule has 0 saturated heterocycles. The maximum Gasteiger partial charge on any atom is 0.347 e. The number of aromatic nitrogens is 2. The number of nitrogens with two attached hydrogens (primary N) is 1. The molecule has 2 aromatic rings. The van der Waals surface area contributed by atoms with Crippen LogP contribution in [0, 0.1) is 6.92 Å². The number of aryl methyl sites for hydroxylation is 1. The largest absolute Gasteiger partial charge is 0.347 e. The molecule has 0 aliphatic rings. The lowest BCUT2D eigenvalue weighted by Gasteiger charge is -2.09. The van der Waals surface area contributed by atoms with E-state index in [0.717, 1.165) is 16.7 Å². The molecule has 0 saturated carbocycles. The maximum absolute atomic E-state index is 11.5. The van der Waals surface area contributed by atoms with E-state index < -0.39 is 0 Å². The zero-order valence-corrected chi connectivity index (χ0v) is 9.76. The van der Waals surface area contributed by atoms with Crippen molar-refractivity contribution in [2.75, 3.05) is 0 Å². The molecule has 0 atom stereocenters. The van der Waals surface area contributed by atoms with Gasteiger partial charge in [-0.3, -0.25) is 4.57 Å². The minimum absolute atomic E-state index is 0.227. The highest BCUT2D eigenvalue weighted by atomic mass is 16.1. The molecule has 1 aromatic carbocycles. The van der Waals surface area contributed by atoms with Crippen LogP contribution in [0.15, 0.2) is 41.5 Å². The normalized spacial score (nSPS) is 10.5. The van der Waals surface area contributed by atoms with Gasteiger partial charge in [0.05, 0.1) is 6.54 Å². The molecule has 0 spiro atoms. The summed E-state index contributed by atoms with van der Waals surface area (Å²) >= 11 is 0. The van der Waals surface area contributed by atoms with Gasteiger partial charge in [0.1, 0.15) is 0 Å². The van der Waals surface area contributed by atoms with Crippen LogP contribution in [-0.4, -0.2) is 9.55 Å². The topological polar surface area (TPSA) is 60.9 Å². The van der Waals surface area contributed by atoms with E-state index in [0.29, 0.717) is 13.1 Å². The smallest absolute Gasteiger partial charge is 0.326 e. The zero-order chi connectivity index (χ0) is 12.3. The summed E-state index contributed by atoms with van der Waals surface area (Å²) in [5.41, 5.74) is 8.71. The molecule has 0 aliphatic heterocycles. The fraction of sp³-hybridized carbons (Fsp3) is 0.231. The Bertz CT molecular complexity index is 575. The van der Waals surface area contributed by atoms with Crippen molar-refractivity contribution in [3.8, 4) is 0 Å². The first-order valence-electron chi connectivity index (χ1n) is 5.50. The van der Waals surface area contributed by atoms with Crippen LogP contribution in [0.2, 0.25) is 0 Å². The van der Waals surface area contributed by atoms with Crippen LogP contribution in [0.25, 0.3) is 0 Å². The standard InChI is InChI=1S/C13H15N3O/c1-10-7-11(8-14)3-4-12(10)9-16-6-2-5-15-13(16)17/h2-7H,8-9,14H2,1H3. The number of rotatable bonds is 3. The number of hydrogen-bond donors (Lipinski definition) is 1. The fourth-order valence-electron chi connectivity index (χ4n) is 1.75. The van der Waals surface area contributed by atoms with Crippen molar-refractivity contribution in [2.45, 2.75) is 20.0 Å². The van der Waals surface area contributed by atoms with Gasteiger partial charge in [0.2, 0.25) is 0 Å². The second kappa shape index (κ2) is 4.93. The van der Waals surface area contributed by atoms with Gasteiger partial charge < -0.3 is 5.73 Å². The van der Waals surface area contributed by atoms with Crippen LogP contribution in [0.4, 0.5) is 0 Å². The van der Waals surface area contributed by atoms with Crippen molar-refractivity contribution in [1.82, 2.24) is 9.55 Å². The van der Waals surface area contributed by atoms with Crippen molar-refractivity contribution in [2.24, 2.45) is 5.73 Å². The summed E-state index contributed by atoms with van der Waals surface area (Å²) in [5.74, 6) is 0. The van der Waals surface area contributed by atoms with E-state index in [1.54, 1.807) is 16.8 Å². The zero-order valence-electron chi connectivity index (χ0n) is 9.76. The summed E-state index contributed by atoms with van der Waals surface area (Å²) in [6.45, 7) is 3.10. The second-order valence-corrected chi connectivity index (χ2v) is 4.00. The second-order valence-electron chi connectivity index (χ2n) is 4.00. The lowest BCUT2D eigenvalue weighted by atomic mass is 10.1.